The molecule has 1 aromatic carbocycles. The number of anilines is 1. The van der Waals surface area contributed by atoms with Gasteiger partial charge in [0.1, 0.15) is 0 Å². The molecule has 21 heavy (non-hydrogen) atoms. The zero-order valence-electron chi connectivity index (χ0n) is 12.5. The number of methoxy groups -OCH3 is 1. The summed E-state index contributed by atoms with van der Waals surface area (Å²) < 4.78 is 24.4. The van der Waals surface area contributed by atoms with Gasteiger partial charge >= 0.3 is 5.97 Å². The fourth-order valence-electron chi connectivity index (χ4n) is 2.84. The molecule has 2 atom stereocenters. The van der Waals surface area contributed by atoms with Crippen LogP contribution in [-0.2, 0) is 4.74 Å². The molecule has 4 nitrogen and oxygen atoms in total. The molecule has 1 saturated carbocycles. The molecule has 2 N–H and O–H groups in total. The number of hydrogen-bond donors (Lipinski definition) is 1. The molecule has 0 aliphatic heterocycles. The van der Waals surface area contributed by atoms with Crippen molar-refractivity contribution in [1.29, 1.82) is 0 Å². The molecule has 0 heterocycles. The van der Waals surface area contributed by atoms with Crippen LogP contribution in [0, 0.1) is 11.7 Å². The summed E-state index contributed by atoms with van der Waals surface area (Å²) in [6.45, 7) is 2.16. The average Bonchev–Trinajstić information content (AvgIpc) is 2.49. The maximum absolute atomic E-state index is 14.0. The Morgan fingerprint density at radius 2 is 2.19 bits per heavy atom. The third-order valence-corrected chi connectivity index (χ3v) is 4.12. The lowest BCUT2D eigenvalue weighted by Crippen LogP contribution is -2.25. The summed E-state index contributed by atoms with van der Waals surface area (Å²) in [5.41, 5.74) is 5.84. The summed E-state index contributed by atoms with van der Waals surface area (Å²) >= 11 is 0. The zero-order chi connectivity index (χ0) is 15.4. The zero-order valence-corrected chi connectivity index (χ0v) is 12.5. The van der Waals surface area contributed by atoms with Crippen molar-refractivity contribution in [2.24, 2.45) is 5.92 Å². The SMILES string of the molecule is CCC1CCCC(Oc2cc(C(=O)OC)c(N)cc2F)C1. The predicted molar refractivity (Wildman–Crippen MR) is 78.8 cm³/mol. The minimum absolute atomic E-state index is 0.00711. The third-order valence-electron chi connectivity index (χ3n) is 4.12. The summed E-state index contributed by atoms with van der Waals surface area (Å²) in [6, 6.07) is 2.45. The van der Waals surface area contributed by atoms with Crippen molar-refractivity contribution in [1.82, 2.24) is 0 Å². The maximum Gasteiger partial charge on any atom is 0.340 e. The second-order valence-corrected chi connectivity index (χ2v) is 5.54. The van der Waals surface area contributed by atoms with Gasteiger partial charge in [-0.05, 0) is 31.2 Å². The van der Waals surface area contributed by atoms with Crippen molar-refractivity contribution in [3.05, 3.63) is 23.5 Å². The topological polar surface area (TPSA) is 61.5 Å². The van der Waals surface area contributed by atoms with Crippen LogP contribution >= 0.6 is 0 Å². The maximum atomic E-state index is 14.0. The van der Waals surface area contributed by atoms with Gasteiger partial charge in [-0.3, -0.25) is 0 Å². The second kappa shape index (κ2) is 6.78. The van der Waals surface area contributed by atoms with Crippen LogP contribution in [0.15, 0.2) is 12.1 Å². The average molecular weight is 295 g/mol. The van der Waals surface area contributed by atoms with Gasteiger partial charge in [0.05, 0.1) is 18.8 Å². The molecule has 1 aliphatic carbocycles. The quantitative estimate of drug-likeness (QED) is 0.681. The number of esters is 1. The minimum Gasteiger partial charge on any atom is -0.487 e. The van der Waals surface area contributed by atoms with Crippen LogP contribution in [0.1, 0.15) is 49.4 Å². The Bertz CT molecular complexity index is 518. The molecule has 0 spiro atoms. The number of halogens is 1. The lowest BCUT2D eigenvalue weighted by molar-refractivity contribution is 0.0600. The first-order valence-electron chi connectivity index (χ1n) is 7.39. The first-order chi connectivity index (χ1) is 10.0. The van der Waals surface area contributed by atoms with Gasteiger partial charge in [-0.2, -0.15) is 0 Å². The Hall–Kier alpha value is -1.78. The summed E-state index contributed by atoms with van der Waals surface area (Å²) in [5, 5.41) is 0. The standard InChI is InChI=1S/C16H22FNO3/c1-3-10-5-4-6-11(7-10)21-15-8-12(16(19)20-2)14(18)9-13(15)17/h8-11H,3-7,18H2,1-2H3. The summed E-state index contributed by atoms with van der Waals surface area (Å²) in [5.74, 6) is -0.432. The van der Waals surface area contributed by atoms with Gasteiger partial charge in [0.2, 0.25) is 0 Å². The monoisotopic (exact) mass is 295 g/mol. The molecule has 0 amide bonds. The van der Waals surface area contributed by atoms with Gasteiger partial charge in [0.15, 0.2) is 11.6 Å². The van der Waals surface area contributed by atoms with Crippen molar-refractivity contribution in [2.45, 2.75) is 45.1 Å². The Kier molecular flexibility index (Phi) is 5.04. The second-order valence-electron chi connectivity index (χ2n) is 5.54. The minimum atomic E-state index is -0.590. The highest BCUT2D eigenvalue weighted by Crippen LogP contribution is 2.32. The van der Waals surface area contributed by atoms with Crippen LogP contribution in [-0.4, -0.2) is 19.2 Å². The number of hydrogen-bond acceptors (Lipinski definition) is 4. The van der Waals surface area contributed by atoms with Crippen molar-refractivity contribution < 1.29 is 18.7 Å². The van der Waals surface area contributed by atoms with Gasteiger partial charge in [-0.25, -0.2) is 9.18 Å². The predicted octanol–water partition coefficient (Wildman–Crippen LogP) is 3.54. The van der Waals surface area contributed by atoms with E-state index >= 15 is 0 Å². The number of nitrogens with two attached hydrogens (primary N) is 1. The molecular formula is C16H22FNO3. The van der Waals surface area contributed by atoms with E-state index in [0.717, 1.165) is 31.7 Å². The fourth-order valence-corrected chi connectivity index (χ4v) is 2.84. The highest BCUT2D eigenvalue weighted by Gasteiger charge is 2.24. The van der Waals surface area contributed by atoms with E-state index < -0.39 is 11.8 Å². The fraction of sp³-hybridized carbons (Fsp3) is 0.562. The number of benzene rings is 1. The van der Waals surface area contributed by atoms with Crippen LogP contribution in [0.4, 0.5) is 10.1 Å². The Morgan fingerprint density at radius 3 is 2.86 bits per heavy atom. The van der Waals surface area contributed by atoms with Crippen molar-refractivity contribution >= 4 is 11.7 Å². The molecule has 1 aliphatic rings. The molecule has 116 valence electrons. The lowest BCUT2D eigenvalue weighted by Gasteiger charge is -2.29. The molecular weight excluding hydrogens is 273 g/mol. The number of rotatable bonds is 4. The van der Waals surface area contributed by atoms with Gasteiger partial charge in [-0.1, -0.05) is 19.8 Å². The Labute approximate surface area is 124 Å². The Balaban J connectivity index is 2.17. The highest BCUT2D eigenvalue weighted by atomic mass is 19.1. The molecule has 2 unspecified atom stereocenters. The lowest BCUT2D eigenvalue weighted by atomic mass is 9.85. The summed E-state index contributed by atoms with van der Waals surface area (Å²) in [7, 11) is 1.26. The number of carbonyl (C=O) groups excluding carboxylic acids is 1. The van der Waals surface area contributed by atoms with Gasteiger partial charge in [0.25, 0.3) is 0 Å². The van der Waals surface area contributed by atoms with E-state index in [-0.39, 0.29) is 23.1 Å². The van der Waals surface area contributed by atoms with Crippen LogP contribution < -0.4 is 10.5 Å². The highest BCUT2D eigenvalue weighted by molar-refractivity contribution is 5.95. The number of ether oxygens (including phenoxy) is 2. The molecule has 0 bridgehead atoms. The van der Waals surface area contributed by atoms with E-state index in [1.54, 1.807) is 0 Å². The molecule has 0 saturated heterocycles. The van der Waals surface area contributed by atoms with E-state index in [4.69, 9.17) is 10.5 Å². The van der Waals surface area contributed by atoms with Crippen LogP contribution in [0.2, 0.25) is 0 Å². The first-order valence-corrected chi connectivity index (χ1v) is 7.39. The van der Waals surface area contributed by atoms with Crippen molar-refractivity contribution in [3.63, 3.8) is 0 Å². The summed E-state index contributed by atoms with van der Waals surface area (Å²) in [4.78, 5) is 11.6. The van der Waals surface area contributed by atoms with E-state index in [1.165, 1.54) is 19.6 Å². The molecule has 1 fully saturated rings. The van der Waals surface area contributed by atoms with E-state index in [0.29, 0.717) is 5.92 Å². The Morgan fingerprint density at radius 1 is 1.43 bits per heavy atom. The van der Waals surface area contributed by atoms with Gasteiger partial charge < -0.3 is 15.2 Å². The van der Waals surface area contributed by atoms with Crippen molar-refractivity contribution in [3.8, 4) is 5.75 Å². The van der Waals surface area contributed by atoms with Crippen molar-refractivity contribution in [2.75, 3.05) is 12.8 Å². The van der Waals surface area contributed by atoms with Crippen LogP contribution in [0.3, 0.4) is 0 Å². The molecule has 0 radical (unpaired) electrons. The molecule has 1 aromatic rings. The molecule has 5 heteroatoms. The van der Waals surface area contributed by atoms with E-state index in [1.807, 2.05) is 0 Å². The first kappa shape index (κ1) is 15.6. The number of nitrogen functional groups attached to an aromatic ring is 1. The van der Waals surface area contributed by atoms with Gasteiger partial charge in [-0.15, -0.1) is 0 Å². The normalized spacial score (nSPS) is 21.9. The smallest absolute Gasteiger partial charge is 0.340 e. The van der Waals surface area contributed by atoms with Gasteiger partial charge in [0, 0.05) is 11.8 Å². The van der Waals surface area contributed by atoms with E-state index in [9.17, 15) is 9.18 Å². The number of carbonyl (C=O) groups is 1. The molecule has 2 rings (SSSR count). The largest absolute Gasteiger partial charge is 0.487 e. The molecule has 0 aromatic heterocycles. The third kappa shape index (κ3) is 3.65. The summed E-state index contributed by atoms with van der Waals surface area (Å²) in [6.07, 6.45) is 5.23. The van der Waals surface area contributed by atoms with Crippen LogP contribution in [0.5, 0.6) is 5.75 Å². The van der Waals surface area contributed by atoms with E-state index in [2.05, 4.69) is 11.7 Å². The van der Waals surface area contributed by atoms with Crippen LogP contribution in [0.25, 0.3) is 0 Å².